The maximum atomic E-state index is 5.89. The molecule has 0 spiro atoms. The highest BCUT2D eigenvalue weighted by Crippen LogP contribution is 2.28. The standard InChI is InChI=1S/C14H20N4O/c1-9(2)19-13-8-11(4-5-12(13)15)18-10(3)14-16-6-7-17-14/h4-10,18H,15H2,1-3H3,(H,16,17). The lowest BCUT2D eigenvalue weighted by Crippen LogP contribution is -2.10. The number of hydrogen-bond donors (Lipinski definition) is 3. The van der Waals surface area contributed by atoms with Crippen LogP contribution in [0.1, 0.15) is 32.6 Å². The van der Waals surface area contributed by atoms with Crippen LogP contribution >= 0.6 is 0 Å². The van der Waals surface area contributed by atoms with Crippen LogP contribution in [0.15, 0.2) is 30.6 Å². The van der Waals surface area contributed by atoms with Crippen molar-refractivity contribution in [2.45, 2.75) is 32.9 Å². The van der Waals surface area contributed by atoms with Crippen molar-refractivity contribution >= 4 is 11.4 Å². The summed E-state index contributed by atoms with van der Waals surface area (Å²) in [6.07, 6.45) is 3.65. The third kappa shape index (κ3) is 3.40. The third-order valence-electron chi connectivity index (χ3n) is 2.69. The van der Waals surface area contributed by atoms with Gasteiger partial charge < -0.3 is 20.8 Å². The predicted octanol–water partition coefficient (Wildman–Crippen LogP) is 2.95. The van der Waals surface area contributed by atoms with Gasteiger partial charge in [-0.25, -0.2) is 4.98 Å². The first-order valence-corrected chi connectivity index (χ1v) is 6.38. The number of anilines is 2. The number of aromatic amines is 1. The minimum absolute atomic E-state index is 0.0884. The van der Waals surface area contributed by atoms with Gasteiger partial charge in [-0.15, -0.1) is 0 Å². The Hall–Kier alpha value is -2.17. The first kappa shape index (κ1) is 13.3. The molecule has 0 aliphatic heterocycles. The summed E-state index contributed by atoms with van der Waals surface area (Å²) in [6, 6.07) is 5.77. The van der Waals surface area contributed by atoms with Gasteiger partial charge in [-0.05, 0) is 32.9 Å². The van der Waals surface area contributed by atoms with E-state index in [1.165, 1.54) is 0 Å². The van der Waals surface area contributed by atoms with E-state index in [9.17, 15) is 0 Å². The molecule has 1 heterocycles. The fraction of sp³-hybridized carbons (Fsp3) is 0.357. The van der Waals surface area contributed by atoms with Gasteiger partial charge >= 0.3 is 0 Å². The molecule has 1 aromatic heterocycles. The Morgan fingerprint density at radius 1 is 1.32 bits per heavy atom. The average Bonchev–Trinajstić information content (AvgIpc) is 2.86. The number of aromatic nitrogens is 2. The zero-order chi connectivity index (χ0) is 13.8. The van der Waals surface area contributed by atoms with Gasteiger partial charge in [0.25, 0.3) is 0 Å². The monoisotopic (exact) mass is 260 g/mol. The molecule has 2 aromatic rings. The quantitative estimate of drug-likeness (QED) is 0.722. The fourth-order valence-corrected chi connectivity index (χ4v) is 1.81. The van der Waals surface area contributed by atoms with Crippen LogP contribution in [0, 0.1) is 0 Å². The molecule has 0 bridgehead atoms. The van der Waals surface area contributed by atoms with Crippen LogP contribution in [0.3, 0.4) is 0 Å². The van der Waals surface area contributed by atoms with Crippen LogP contribution in [0.25, 0.3) is 0 Å². The van der Waals surface area contributed by atoms with E-state index >= 15 is 0 Å². The molecule has 0 aliphatic rings. The topological polar surface area (TPSA) is 76.0 Å². The SMILES string of the molecule is CC(C)Oc1cc(NC(C)c2ncc[nH]2)ccc1N. The van der Waals surface area contributed by atoms with Crippen molar-refractivity contribution < 1.29 is 4.74 Å². The van der Waals surface area contributed by atoms with Crippen molar-refractivity contribution in [1.29, 1.82) is 0 Å². The normalized spacial score (nSPS) is 12.4. The highest BCUT2D eigenvalue weighted by molar-refractivity contribution is 5.61. The summed E-state index contributed by atoms with van der Waals surface area (Å²) in [5, 5.41) is 3.36. The molecule has 1 unspecified atom stereocenters. The van der Waals surface area contributed by atoms with Crippen molar-refractivity contribution in [2.75, 3.05) is 11.1 Å². The molecule has 0 fully saturated rings. The molecule has 2 rings (SSSR count). The number of hydrogen-bond acceptors (Lipinski definition) is 4. The van der Waals surface area contributed by atoms with Crippen LogP contribution in [0.5, 0.6) is 5.75 Å². The Bertz CT molecular complexity index is 522. The summed E-state index contributed by atoms with van der Waals surface area (Å²) >= 11 is 0. The second-order valence-corrected chi connectivity index (χ2v) is 4.76. The lowest BCUT2D eigenvalue weighted by molar-refractivity contribution is 0.244. The summed E-state index contributed by atoms with van der Waals surface area (Å²) in [4.78, 5) is 7.31. The van der Waals surface area contributed by atoms with Gasteiger partial charge in [0.1, 0.15) is 11.6 Å². The number of nitrogen functional groups attached to an aromatic ring is 1. The number of nitrogens with zero attached hydrogens (tertiary/aromatic N) is 1. The molecule has 0 saturated heterocycles. The maximum absolute atomic E-state index is 5.89. The van der Waals surface area contributed by atoms with E-state index in [2.05, 4.69) is 15.3 Å². The van der Waals surface area contributed by atoms with Gasteiger partial charge in [0.2, 0.25) is 0 Å². The molecule has 5 nitrogen and oxygen atoms in total. The van der Waals surface area contributed by atoms with Gasteiger partial charge in [0.05, 0.1) is 17.8 Å². The molecule has 5 heteroatoms. The Balaban J connectivity index is 2.12. The number of H-pyrrole nitrogens is 1. The molecular formula is C14H20N4O. The Kier molecular flexibility index (Phi) is 3.94. The number of nitrogens with two attached hydrogens (primary N) is 1. The molecule has 1 atom stereocenters. The van der Waals surface area contributed by atoms with Crippen molar-refractivity contribution in [2.24, 2.45) is 0 Å². The van der Waals surface area contributed by atoms with E-state index in [4.69, 9.17) is 10.5 Å². The molecule has 0 saturated carbocycles. The molecule has 1 aromatic carbocycles. The number of imidazole rings is 1. The summed E-state index contributed by atoms with van der Waals surface area (Å²) in [6.45, 7) is 5.99. The number of rotatable bonds is 5. The second-order valence-electron chi connectivity index (χ2n) is 4.76. The van der Waals surface area contributed by atoms with Gasteiger partial charge in [-0.1, -0.05) is 0 Å². The third-order valence-corrected chi connectivity index (χ3v) is 2.69. The lowest BCUT2D eigenvalue weighted by atomic mass is 10.2. The van der Waals surface area contributed by atoms with Crippen molar-refractivity contribution in [3.63, 3.8) is 0 Å². The average molecular weight is 260 g/mol. The highest BCUT2D eigenvalue weighted by atomic mass is 16.5. The number of nitrogens with one attached hydrogen (secondary N) is 2. The summed E-state index contributed by atoms with van der Waals surface area (Å²) in [5.41, 5.74) is 7.49. The molecule has 19 heavy (non-hydrogen) atoms. The van der Waals surface area contributed by atoms with Crippen molar-refractivity contribution in [3.8, 4) is 5.75 Å². The fourth-order valence-electron chi connectivity index (χ4n) is 1.81. The van der Waals surface area contributed by atoms with Gasteiger partial charge in [0.15, 0.2) is 0 Å². The van der Waals surface area contributed by atoms with Gasteiger partial charge in [-0.3, -0.25) is 0 Å². The number of ether oxygens (including phenoxy) is 1. The van der Waals surface area contributed by atoms with E-state index in [1.54, 1.807) is 6.20 Å². The highest BCUT2D eigenvalue weighted by Gasteiger charge is 2.09. The summed E-state index contributed by atoms with van der Waals surface area (Å²) < 4.78 is 5.67. The molecule has 0 aliphatic carbocycles. The zero-order valence-electron chi connectivity index (χ0n) is 11.5. The lowest BCUT2D eigenvalue weighted by Gasteiger charge is -2.16. The zero-order valence-corrected chi connectivity index (χ0v) is 11.5. The molecule has 0 radical (unpaired) electrons. The molecular weight excluding hydrogens is 240 g/mol. The largest absolute Gasteiger partial charge is 0.489 e. The maximum Gasteiger partial charge on any atom is 0.144 e. The van der Waals surface area contributed by atoms with E-state index in [-0.39, 0.29) is 12.1 Å². The summed E-state index contributed by atoms with van der Waals surface area (Å²) in [5.74, 6) is 1.59. The second kappa shape index (κ2) is 5.65. The Morgan fingerprint density at radius 2 is 2.11 bits per heavy atom. The Morgan fingerprint density at radius 3 is 2.74 bits per heavy atom. The van der Waals surface area contributed by atoms with Crippen LogP contribution in [-0.2, 0) is 0 Å². The van der Waals surface area contributed by atoms with E-state index in [0.29, 0.717) is 11.4 Å². The molecule has 102 valence electrons. The van der Waals surface area contributed by atoms with E-state index in [1.807, 2.05) is 45.2 Å². The van der Waals surface area contributed by atoms with Gasteiger partial charge in [-0.2, -0.15) is 0 Å². The summed E-state index contributed by atoms with van der Waals surface area (Å²) in [7, 11) is 0. The molecule has 0 amide bonds. The Labute approximate surface area is 113 Å². The van der Waals surface area contributed by atoms with Crippen molar-refractivity contribution in [1.82, 2.24) is 9.97 Å². The van der Waals surface area contributed by atoms with Crippen molar-refractivity contribution in [3.05, 3.63) is 36.4 Å². The van der Waals surface area contributed by atoms with E-state index < -0.39 is 0 Å². The van der Waals surface area contributed by atoms with Crippen LogP contribution in [0.4, 0.5) is 11.4 Å². The minimum Gasteiger partial charge on any atom is -0.489 e. The molecule has 4 N–H and O–H groups in total. The number of benzene rings is 1. The van der Waals surface area contributed by atoms with Crippen LogP contribution in [0.2, 0.25) is 0 Å². The van der Waals surface area contributed by atoms with Crippen LogP contribution < -0.4 is 15.8 Å². The smallest absolute Gasteiger partial charge is 0.144 e. The minimum atomic E-state index is 0.0884. The van der Waals surface area contributed by atoms with Crippen LogP contribution in [-0.4, -0.2) is 16.1 Å². The van der Waals surface area contributed by atoms with E-state index in [0.717, 1.165) is 11.5 Å². The van der Waals surface area contributed by atoms with Gasteiger partial charge in [0, 0.05) is 24.1 Å². The first-order chi connectivity index (χ1) is 9.06. The first-order valence-electron chi connectivity index (χ1n) is 6.38. The predicted molar refractivity (Wildman–Crippen MR) is 77.2 cm³/mol.